The minimum atomic E-state index is -0.818. The van der Waals surface area contributed by atoms with E-state index in [-0.39, 0.29) is 30.5 Å². The zero-order chi connectivity index (χ0) is 38.0. The van der Waals surface area contributed by atoms with Gasteiger partial charge in [-0.3, -0.25) is 14.5 Å². The molecular formula is C42H84N2O7. The number of aliphatic hydroxyl groups is 2. The Morgan fingerprint density at radius 2 is 1.25 bits per heavy atom. The van der Waals surface area contributed by atoms with E-state index in [1.807, 2.05) is 13.8 Å². The van der Waals surface area contributed by atoms with Crippen molar-refractivity contribution in [3.63, 3.8) is 0 Å². The predicted molar refractivity (Wildman–Crippen MR) is 211 cm³/mol. The highest BCUT2D eigenvalue weighted by Gasteiger charge is 2.38. The summed E-state index contributed by atoms with van der Waals surface area (Å²) in [6.07, 6.45) is 23.7. The fraction of sp³-hybridized carbons (Fsp3) is 0.952. The maximum absolute atomic E-state index is 12.9. The summed E-state index contributed by atoms with van der Waals surface area (Å²) >= 11 is 0. The Morgan fingerprint density at radius 3 is 1.86 bits per heavy atom. The summed E-state index contributed by atoms with van der Waals surface area (Å²) in [5, 5.41) is 20.3. The summed E-state index contributed by atoms with van der Waals surface area (Å²) in [6.45, 7) is 14.4. The van der Waals surface area contributed by atoms with Crippen molar-refractivity contribution >= 4 is 11.9 Å². The number of likely N-dealkylation sites (tertiary alicyclic amines) is 1. The van der Waals surface area contributed by atoms with Crippen molar-refractivity contribution in [2.24, 2.45) is 5.92 Å². The second kappa shape index (κ2) is 35.8. The number of hydrogen-bond acceptors (Lipinski definition) is 9. The summed E-state index contributed by atoms with van der Waals surface area (Å²) in [4.78, 5) is 28.6. The molecule has 2 N–H and O–H groups in total. The molecule has 0 bridgehead atoms. The average molecular weight is 729 g/mol. The third kappa shape index (κ3) is 27.1. The van der Waals surface area contributed by atoms with E-state index in [0.29, 0.717) is 25.9 Å². The fourth-order valence-electron chi connectivity index (χ4n) is 6.96. The van der Waals surface area contributed by atoms with Gasteiger partial charge in [-0.05, 0) is 84.3 Å². The molecule has 0 radical (unpaired) electrons. The lowest BCUT2D eigenvalue weighted by molar-refractivity contribution is -0.149. The molecule has 1 heterocycles. The topological polar surface area (TPSA) is 109 Å². The maximum Gasteiger partial charge on any atom is 0.308 e. The van der Waals surface area contributed by atoms with Crippen molar-refractivity contribution in [1.29, 1.82) is 0 Å². The molecule has 304 valence electrons. The van der Waals surface area contributed by atoms with E-state index in [9.17, 15) is 19.8 Å². The first-order chi connectivity index (χ1) is 24.8. The molecule has 1 aliphatic rings. The molecule has 1 aliphatic heterocycles. The van der Waals surface area contributed by atoms with E-state index in [0.717, 1.165) is 116 Å². The van der Waals surface area contributed by atoms with Gasteiger partial charge < -0.3 is 29.3 Å². The van der Waals surface area contributed by atoms with E-state index in [1.54, 1.807) is 0 Å². The summed E-state index contributed by atoms with van der Waals surface area (Å²) in [5.41, 5.74) is 0. The van der Waals surface area contributed by atoms with Crippen LogP contribution in [0, 0.1) is 5.92 Å². The molecule has 9 heteroatoms. The van der Waals surface area contributed by atoms with Gasteiger partial charge in [0.15, 0.2) is 6.29 Å². The first-order valence-electron chi connectivity index (χ1n) is 21.5. The van der Waals surface area contributed by atoms with Crippen LogP contribution >= 0.6 is 0 Å². The number of unbranched alkanes of at least 4 members (excludes halogenated alkanes) is 15. The highest BCUT2D eigenvalue weighted by Crippen LogP contribution is 2.26. The SMILES string of the molecule is CC.CCCCCCCCC(CCCCCC)C(=O)OCCCCCCOC(O)C1CC(N(C)CCCCO)CN1CCCCCCOC(C)=O. The Balaban J connectivity index is 0.0000123. The largest absolute Gasteiger partial charge is 0.466 e. The van der Waals surface area contributed by atoms with Gasteiger partial charge in [0.25, 0.3) is 0 Å². The molecule has 0 aromatic rings. The van der Waals surface area contributed by atoms with Gasteiger partial charge in [0.2, 0.25) is 0 Å². The number of esters is 2. The molecule has 9 nitrogen and oxygen atoms in total. The molecule has 0 amide bonds. The Labute approximate surface area is 314 Å². The first kappa shape index (κ1) is 49.7. The maximum atomic E-state index is 12.9. The Hall–Kier alpha value is -1.26. The number of carbonyl (C=O) groups is 2. The number of likely N-dealkylation sites (N-methyl/N-ethyl adjacent to an activating group) is 1. The van der Waals surface area contributed by atoms with Crippen LogP contribution in [-0.4, -0.2) is 103 Å². The van der Waals surface area contributed by atoms with E-state index < -0.39 is 6.29 Å². The fourth-order valence-corrected chi connectivity index (χ4v) is 6.96. The van der Waals surface area contributed by atoms with E-state index in [2.05, 4.69) is 30.7 Å². The Bertz CT molecular complexity index is 786. The third-order valence-electron chi connectivity index (χ3n) is 10.2. The molecule has 1 rings (SSSR count). The van der Waals surface area contributed by atoms with E-state index in [1.165, 1.54) is 58.3 Å². The highest BCUT2D eigenvalue weighted by molar-refractivity contribution is 5.72. The summed E-state index contributed by atoms with van der Waals surface area (Å²) < 4.78 is 16.8. The van der Waals surface area contributed by atoms with E-state index in [4.69, 9.17) is 14.2 Å². The van der Waals surface area contributed by atoms with Crippen molar-refractivity contribution < 1.29 is 34.0 Å². The van der Waals surface area contributed by atoms with Crippen molar-refractivity contribution in [3.05, 3.63) is 0 Å². The average Bonchev–Trinajstić information content (AvgIpc) is 3.56. The van der Waals surface area contributed by atoms with Crippen LogP contribution in [0.4, 0.5) is 0 Å². The number of carbonyl (C=O) groups excluding carboxylic acids is 2. The predicted octanol–water partition coefficient (Wildman–Crippen LogP) is 9.06. The van der Waals surface area contributed by atoms with Gasteiger partial charge in [-0.2, -0.15) is 0 Å². The zero-order valence-corrected chi connectivity index (χ0v) is 34.4. The lowest BCUT2D eigenvalue weighted by Gasteiger charge is -2.28. The molecule has 51 heavy (non-hydrogen) atoms. The number of rotatable bonds is 34. The minimum absolute atomic E-state index is 0.0111. The first-order valence-corrected chi connectivity index (χ1v) is 21.5. The lowest BCUT2D eigenvalue weighted by Crippen LogP contribution is -2.41. The van der Waals surface area contributed by atoms with Gasteiger partial charge >= 0.3 is 11.9 Å². The van der Waals surface area contributed by atoms with Crippen molar-refractivity contribution in [2.45, 2.75) is 201 Å². The molecule has 0 aromatic heterocycles. The van der Waals surface area contributed by atoms with E-state index >= 15 is 0 Å². The van der Waals surface area contributed by atoms with Crippen LogP contribution in [-0.2, 0) is 23.8 Å². The molecule has 1 saturated heterocycles. The summed E-state index contributed by atoms with van der Waals surface area (Å²) in [6, 6.07) is 0.326. The van der Waals surface area contributed by atoms with Crippen molar-refractivity contribution in [1.82, 2.24) is 9.80 Å². The van der Waals surface area contributed by atoms with Gasteiger partial charge in [0.1, 0.15) is 0 Å². The molecular weight excluding hydrogens is 644 g/mol. The lowest BCUT2D eigenvalue weighted by atomic mass is 9.94. The van der Waals surface area contributed by atoms with Gasteiger partial charge in [-0.15, -0.1) is 0 Å². The van der Waals surface area contributed by atoms with Crippen molar-refractivity contribution in [2.75, 3.05) is 53.1 Å². The van der Waals surface area contributed by atoms with Gasteiger partial charge in [-0.1, -0.05) is 111 Å². The smallest absolute Gasteiger partial charge is 0.308 e. The zero-order valence-electron chi connectivity index (χ0n) is 34.4. The Morgan fingerprint density at radius 1 is 0.725 bits per heavy atom. The monoisotopic (exact) mass is 729 g/mol. The number of hydrogen-bond donors (Lipinski definition) is 2. The summed E-state index contributed by atoms with van der Waals surface area (Å²) in [7, 11) is 2.14. The van der Waals surface area contributed by atoms with Crippen LogP contribution in [0.1, 0.15) is 182 Å². The van der Waals surface area contributed by atoms with Gasteiger partial charge in [0, 0.05) is 32.7 Å². The molecule has 0 saturated carbocycles. The van der Waals surface area contributed by atoms with Crippen LogP contribution in [0.2, 0.25) is 0 Å². The normalized spacial score (nSPS) is 17.3. The van der Waals surface area contributed by atoms with Gasteiger partial charge in [-0.25, -0.2) is 0 Å². The second-order valence-electron chi connectivity index (χ2n) is 14.6. The van der Waals surface area contributed by atoms with Crippen LogP contribution in [0.3, 0.4) is 0 Å². The summed E-state index contributed by atoms with van der Waals surface area (Å²) in [5.74, 6) is -0.156. The standard InChI is InChI=1S/C40H78N2O7.C2H6/c1-5-7-9-11-12-18-26-36(25-17-10-8-6-2)39(45)48-31-23-15-16-24-32-49-40(46)38-33-37(41(4)27-20-21-29-43)34-42(38)28-19-13-14-22-30-47-35(3)44;1-2/h36-38,40,43,46H,5-34H2,1-4H3;1-2H3. The van der Waals surface area contributed by atoms with Crippen molar-refractivity contribution in [3.8, 4) is 0 Å². The number of nitrogens with zero attached hydrogens (tertiary/aromatic N) is 2. The third-order valence-corrected chi connectivity index (χ3v) is 10.2. The van der Waals surface area contributed by atoms with Crippen LogP contribution in [0.25, 0.3) is 0 Å². The van der Waals surface area contributed by atoms with Crippen LogP contribution in [0.15, 0.2) is 0 Å². The molecule has 1 fully saturated rings. The molecule has 4 unspecified atom stereocenters. The highest BCUT2D eigenvalue weighted by atomic mass is 16.6. The Kier molecular flexibility index (Phi) is 34.9. The number of ether oxygens (including phenoxy) is 3. The van der Waals surface area contributed by atoms with Crippen LogP contribution < -0.4 is 0 Å². The minimum Gasteiger partial charge on any atom is -0.466 e. The second-order valence-corrected chi connectivity index (χ2v) is 14.6. The van der Waals surface area contributed by atoms with Crippen LogP contribution in [0.5, 0.6) is 0 Å². The molecule has 4 atom stereocenters. The number of aliphatic hydroxyl groups excluding tert-OH is 2. The molecule has 0 spiro atoms. The quantitative estimate of drug-likeness (QED) is 0.0381. The van der Waals surface area contributed by atoms with Gasteiger partial charge in [0.05, 0.1) is 25.2 Å². The molecule has 0 aliphatic carbocycles. The molecule has 0 aromatic carbocycles.